The minimum Gasteiger partial charge on any atom is -0.478 e. The zero-order valence-electron chi connectivity index (χ0n) is 22.4. The molecule has 43 heavy (non-hydrogen) atoms. The molecule has 0 aliphatic rings. The minimum absolute atomic E-state index is 0.0310. The second-order valence-electron chi connectivity index (χ2n) is 9.30. The third kappa shape index (κ3) is 5.32. The van der Waals surface area contributed by atoms with Gasteiger partial charge in [-0.15, -0.1) is 0 Å². The van der Waals surface area contributed by atoms with Crippen LogP contribution < -0.4 is 9.03 Å². The number of carboxylic acid groups (broad SMARTS) is 1. The number of rotatable bonds is 8. The lowest BCUT2D eigenvalue weighted by Crippen LogP contribution is -2.37. The smallest absolute Gasteiger partial charge is 0.337 e. The maximum atomic E-state index is 13.8. The molecule has 1 aromatic heterocycles. The number of sulfonamides is 2. The maximum Gasteiger partial charge on any atom is 0.337 e. The standard InChI is InChI=1S/C30H22N4O7S2/c1-33-27-18-22(34(42(38,39)23-8-4-2-5-9-23)43(40,41)24-10-6-3-7-11-24)14-13-21(27)17-28(33)29(35)32-26-15-12-20(19-31)16-25(26)30(36)37/h2-18H,1H3,(H,32,35)(H,36,37). The van der Waals surface area contributed by atoms with E-state index < -0.39 is 31.9 Å². The Kier molecular flexibility index (Phi) is 7.49. The summed E-state index contributed by atoms with van der Waals surface area (Å²) in [4.78, 5) is 24.5. The van der Waals surface area contributed by atoms with Gasteiger partial charge in [0.15, 0.2) is 0 Å². The Morgan fingerprint density at radius 1 is 0.814 bits per heavy atom. The molecule has 1 amide bonds. The second kappa shape index (κ2) is 11.1. The Hall–Kier alpha value is -5.45. The number of aryl methyl sites for hydroxylation is 1. The highest BCUT2D eigenvalue weighted by Gasteiger charge is 2.37. The first-order chi connectivity index (χ1) is 20.4. The third-order valence-corrected chi connectivity index (χ3v) is 10.8. The molecule has 0 radical (unpaired) electrons. The Balaban J connectivity index is 1.61. The molecule has 0 aliphatic heterocycles. The molecule has 13 heteroatoms. The van der Waals surface area contributed by atoms with Crippen LogP contribution in [0.25, 0.3) is 10.9 Å². The normalized spacial score (nSPS) is 11.5. The van der Waals surface area contributed by atoms with Crippen molar-refractivity contribution in [2.45, 2.75) is 9.79 Å². The second-order valence-corrected chi connectivity index (χ2v) is 13.1. The van der Waals surface area contributed by atoms with Gasteiger partial charge in [0, 0.05) is 12.4 Å². The van der Waals surface area contributed by atoms with E-state index in [4.69, 9.17) is 5.26 Å². The highest BCUT2D eigenvalue weighted by Crippen LogP contribution is 2.34. The number of carbonyl (C=O) groups is 2. The van der Waals surface area contributed by atoms with Crippen molar-refractivity contribution in [2.75, 3.05) is 9.03 Å². The van der Waals surface area contributed by atoms with Gasteiger partial charge in [0.25, 0.3) is 26.0 Å². The van der Waals surface area contributed by atoms with Crippen LogP contribution in [-0.4, -0.2) is 38.4 Å². The number of aromatic nitrogens is 1. The quantitative estimate of drug-likeness (QED) is 0.256. The predicted molar refractivity (Wildman–Crippen MR) is 159 cm³/mol. The van der Waals surface area contributed by atoms with Crippen LogP contribution in [-0.2, 0) is 27.1 Å². The van der Waals surface area contributed by atoms with E-state index in [2.05, 4.69) is 5.32 Å². The summed E-state index contributed by atoms with van der Waals surface area (Å²) in [5.41, 5.74) is 0.0215. The lowest BCUT2D eigenvalue weighted by Gasteiger charge is -2.24. The van der Waals surface area contributed by atoms with Crippen molar-refractivity contribution in [3.8, 4) is 6.07 Å². The van der Waals surface area contributed by atoms with E-state index in [0.29, 0.717) is 14.6 Å². The molecule has 5 rings (SSSR count). The molecule has 0 saturated carbocycles. The molecule has 0 atom stereocenters. The number of carboxylic acids is 1. The van der Waals surface area contributed by atoms with Gasteiger partial charge in [0.05, 0.1) is 43.9 Å². The van der Waals surface area contributed by atoms with E-state index in [1.807, 2.05) is 6.07 Å². The van der Waals surface area contributed by atoms with Crippen molar-refractivity contribution in [3.63, 3.8) is 0 Å². The molecular formula is C30H22N4O7S2. The Morgan fingerprint density at radius 2 is 1.40 bits per heavy atom. The third-order valence-electron chi connectivity index (χ3n) is 6.62. The molecule has 0 unspecified atom stereocenters. The van der Waals surface area contributed by atoms with Crippen molar-refractivity contribution in [1.29, 1.82) is 5.26 Å². The summed E-state index contributed by atoms with van der Waals surface area (Å²) in [6.45, 7) is 0. The first kappa shape index (κ1) is 29.1. The number of carbonyl (C=O) groups excluding carboxylic acids is 1. The highest BCUT2D eigenvalue weighted by molar-refractivity contribution is 8.10. The topological polar surface area (TPSA) is 167 Å². The van der Waals surface area contributed by atoms with E-state index in [-0.39, 0.29) is 38.0 Å². The van der Waals surface area contributed by atoms with Gasteiger partial charge in [-0.2, -0.15) is 8.97 Å². The Morgan fingerprint density at radius 3 is 1.93 bits per heavy atom. The lowest BCUT2D eigenvalue weighted by atomic mass is 10.1. The largest absolute Gasteiger partial charge is 0.478 e. The van der Waals surface area contributed by atoms with Crippen LogP contribution in [0.4, 0.5) is 11.4 Å². The van der Waals surface area contributed by atoms with E-state index in [9.17, 15) is 31.5 Å². The van der Waals surface area contributed by atoms with Crippen LogP contribution in [0.1, 0.15) is 26.4 Å². The van der Waals surface area contributed by atoms with Gasteiger partial charge in [0.2, 0.25) is 0 Å². The average Bonchev–Trinajstić information content (AvgIpc) is 3.33. The van der Waals surface area contributed by atoms with Crippen molar-refractivity contribution in [2.24, 2.45) is 7.05 Å². The Labute approximate surface area is 247 Å². The summed E-state index contributed by atoms with van der Waals surface area (Å²) in [7, 11) is -7.74. The number of fused-ring (bicyclic) bond motifs is 1. The summed E-state index contributed by atoms with van der Waals surface area (Å²) in [6.07, 6.45) is 0. The number of hydrogen-bond acceptors (Lipinski definition) is 7. The van der Waals surface area contributed by atoms with Gasteiger partial charge in [-0.25, -0.2) is 21.6 Å². The van der Waals surface area contributed by atoms with Gasteiger partial charge >= 0.3 is 5.97 Å². The molecule has 0 fully saturated rings. The lowest BCUT2D eigenvalue weighted by molar-refractivity contribution is 0.0698. The molecule has 2 N–H and O–H groups in total. The molecule has 11 nitrogen and oxygen atoms in total. The molecule has 0 aliphatic carbocycles. The minimum atomic E-state index is -4.63. The summed E-state index contributed by atoms with van der Waals surface area (Å²) in [5, 5.41) is 21.7. The number of nitrogens with one attached hydrogen (secondary N) is 1. The highest BCUT2D eigenvalue weighted by atomic mass is 32.3. The zero-order chi connectivity index (χ0) is 30.9. The number of benzene rings is 4. The van der Waals surface area contributed by atoms with Crippen LogP contribution in [0.15, 0.2) is 113 Å². The molecule has 0 spiro atoms. The van der Waals surface area contributed by atoms with Crippen molar-refractivity contribution in [1.82, 2.24) is 4.57 Å². The number of nitriles is 1. The summed E-state index contributed by atoms with van der Waals surface area (Å²) >= 11 is 0. The van der Waals surface area contributed by atoms with Gasteiger partial charge < -0.3 is 15.0 Å². The van der Waals surface area contributed by atoms with Crippen molar-refractivity contribution < 1.29 is 31.5 Å². The SMILES string of the molecule is Cn1c(C(=O)Nc2ccc(C#N)cc2C(=O)O)cc2ccc(N(S(=O)(=O)c3ccccc3)S(=O)(=O)c3ccccc3)cc21. The predicted octanol–water partition coefficient (Wildman–Crippen LogP) is 4.58. The number of aromatic carboxylic acids is 1. The molecule has 0 bridgehead atoms. The van der Waals surface area contributed by atoms with E-state index in [1.54, 1.807) is 12.1 Å². The van der Waals surface area contributed by atoms with Crippen LogP contribution in [0, 0.1) is 11.3 Å². The number of nitrogens with zero attached hydrogens (tertiary/aromatic N) is 3. The van der Waals surface area contributed by atoms with Crippen molar-refractivity contribution >= 4 is 54.2 Å². The fourth-order valence-corrected chi connectivity index (χ4v) is 8.24. The molecule has 5 aromatic rings. The van der Waals surface area contributed by atoms with Crippen LogP contribution in [0.2, 0.25) is 0 Å². The van der Waals surface area contributed by atoms with E-state index >= 15 is 0 Å². The molecule has 4 aromatic carbocycles. The van der Waals surface area contributed by atoms with Crippen LogP contribution in [0.3, 0.4) is 0 Å². The molecule has 216 valence electrons. The Bertz CT molecular complexity index is 2090. The average molecular weight is 615 g/mol. The fraction of sp³-hybridized carbons (Fsp3) is 0.0333. The fourth-order valence-electron chi connectivity index (χ4n) is 4.52. The van der Waals surface area contributed by atoms with Gasteiger partial charge in [0.1, 0.15) is 5.69 Å². The van der Waals surface area contributed by atoms with Gasteiger partial charge in [-0.1, -0.05) is 42.5 Å². The number of hydrogen-bond donors (Lipinski definition) is 2. The van der Waals surface area contributed by atoms with Gasteiger partial charge in [-0.05, 0) is 60.7 Å². The van der Waals surface area contributed by atoms with Crippen LogP contribution >= 0.6 is 0 Å². The zero-order valence-corrected chi connectivity index (χ0v) is 24.0. The summed E-state index contributed by atoms with van der Waals surface area (Å²) in [6, 6.07) is 25.6. The van der Waals surface area contributed by atoms with E-state index in [1.165, 1.54) is 96.5 Å². The monoisotopic (exact) mass is 614 g/mol. The van der Waals surface area contributed by atoms with Crippen LogP contribution in [0.5, 0.6) is 0 Å². The van der Waals surface area contributed by atoms with E-state index in [0.717, 1.165) is 6.07 Å². The molecule has 1 heterocycles. The number of anilines is 2. The van der Waals surface area contributed by atoms with Crippen molar-refractivity contribution in [3.05, 3.63) is 120 Å². The van der Waals surface area contributed by atoms with Gasteiger partial charge in [-0.3, -0.25) is 4.79 Å². The summed E-state index contributed by atoms with van der Waals surface area (Å²) < 4.78 is 57.1. The molecule has 0 saturated heterocycles. The first-order valence-electron chi connectivity index (χ1n) is 12.5. The molecular weight excluding hydrogens is 592 g/mol. The maximum absolute atomic E-state index is 13.8. The first-order valence-corrected chi connectivity index (χ1v) is 15.4. The summed E-state index contributed by atoms with van der Waals surface area (Å²) in [5.74, 6) is -2.02. The number of amides is 1.